The number of aromatic carboxylic acids is 1. The Morgan fingerprint density at radius 1 is 1.53 bits per heavy atom. The third-order valence-corrected chi connectivity index (χ3v) is 5.68. The quantitative estimate of drug-likeness (QED) is 0.847. The summed E-state index contributed by atoms with van der Waals surface area (Å²) in [4.78, 5) is 10.6. The van der Waals surface area contributed by atoms with Crippen molar-refractivity contribution in [3.63, 3.8) is 0 Å². The number of carbonyl (C=O) groups is 1. The van der Waals surface area contributed by atoms with Crippen molar-refractivity contribution in [1.82, 2.24) is 4.72 Å². The van der Waals surface area contributed by atoms with Gasteiger partial charge in [-0.15, -0.1) is 0 Å². The van der Waals surface area contributed by atoms with Gasteiger partial charge in [0.25, 0.3) is 0 Å². The van der Waals surface area contributed by atoms with E-state index in [9.17, 15) is 13.2 Å². The van der Waals surface area contributed by atoms with Gasteiger partial charge in [0.15, 0.2) is 4.67 Å². The molecule has 0 aromatic carbocycles. The van der Waals surface area contributed by atoms with Gasteiger partial charge in [0.1, 0.15) is 4.90 Å². The fourth-order valence-electron chi connectivity index (χ4n) is 1.93. The Bertz CT molecular complexity index is 615. The first-order valence-corrected chi connectivity index (χ1v) is 7.98. The van der Waals surface area contributed by atoms with Gasteiger partial charge in [0, 0.05) is 11.6 Å². The number of hydrogen-bond acceptors (Lipinski definition) is 4. The summed E-state index contributed by atoms with van der Waals surface area (Å²) in [5, 5.41) is 8.79. The summed E-state index contributed by atoms with van der Waals surface area (Å²) in [6, 6.07) is 0.998. The molecule has 106 valence electrons. The Morgan fingerprint density at radius 3 is 2.53 bits per heavy atom. The van der Waals surface area contributed by atoms with Crippen LogP contribution in [0.5, 0.6) is 0 Å². The van der Waals surface area contributed by atoms with Crippen molar-refractivity contribution in [1.29, 1.82) is 0 Å². The topological polar surface area (TPSA) is 96.6 Å². The minimum absolute atomic E-state index is 0.107. The highest BCUT2D eigenvalue weighted by Crippen LogP contribution is 2.40. The van der Waals surface area contributed by atoms with Crippen LogP contribution in [-0.4, -0.2) is 25.0 Å². The van der Waals surface area contributed by atoms with E-state index in [0.717, 1.165) is 18.9 Å². The number of furan rings is 1. The SMILES string of the molecule is CC(C)(NS(=O)(=O)c1cc(C(=O)O)oc1Br)C1CC1. The molecule has 1 heterocycles. The summed E-state index contributed by atoms with van der Waals surface area (Å²) in [6.45, 7) is 3.63. The van der Waals surface area contributed by atoms with Gasteiger partial charge < -0.3 is 9.52 Å². The molecule has 19 heavy (non-hydrogen) atoms. The molecule has 1 aromatic rings. The van der Waals surface area contributed by atoms with Crippen molar-refractivity contribution in [2.45, 2.75) is 37.1 Å². The zero-order valence-electron chi connectivity index (χ0n) is 10.4. The van der Waals surface area contributed by atoms with Crippen LogP contribution < -0.4 is 4.72 Å². The van der Waals surface area contributed by atoms with E-state index in [4.69, 9.17) is 9.52 Å². The predicted octanol–water partition coefficient (Wildman–Crippen LogP) is 2.21. The summed E-state index contributed by atoms with van der Waals surface area (Å²) in [5.41, 5.74) is -0.557. The van der Waals surface area contributed by atoms with E-state index < -0.39 is 27.3 Å². The molecule has 8 heteroatoms. The number of halogens is 1. The molecule has 0 radical (unpaired) electrons. The van der Waals surface area contributed by atoms with Crippen LogP contribution in [-0.2, 0) is 10.0 Å². The second-order valence-corrected chi connectivity index (χ2v) is 7.53. The van der Waals surface area contributed by atoms with Crippen LogP contribution >= 0.6 is 15.9 Å². The Morgan fingerprint density at radius 2 is 2.11 bits per heavy atom. The summed E-state index contributed by atoms with van der Waals surface area (Å²) in [6.07, 6.45) is 1.98. The summed E-state index contributed by atoms with van der Waals surface area (Å²) >= 11 is 2.93. The third-order valence-electron chi connectivity index (χ3n) is 3.15. The van der Waals surface area contributed by atoms with Crippen LogP contribution in [0.15, 0.2) is 20.0 Å². The largest absolute Gasteiger partial charge is 0.475 e. The smallest absolute Gasteiger partial charge is 0.371 e. The molecular weight excluding hydrogens is 338 g/mol. The number of carboxylic acid groups (broad SMARTS) is 1. The molecule has 6 nitrogen and oxygen atoms in total. The van der Waals surface area contributed by atoms with E-state index in [2.05, 4.69) is 20.7 Å². The zero-order chi connectivity index (χ0) is 14.4. The van der Waals surface area contributed by atoms with Gasteiger partial charge in [0.05, 0.1) is 0 Å². The van der Waals surface area contributed by atoms with Crippen molar-refractivity contribution >= 4 is 31.9 Å². The first-order chi connectivity index (χ1) is 8.63. The van der Waals surface area contributed by atoms with E-state index in [1.807, 2.05) is 13.8 Å². The van der Waals surface area contributed by atoms with E-state index in [-0.39, 0.29) is 9.56 Å². The first-order valence-electron chi connectivity index (χ1n) is 5.70. The molecule has 2 rings (SSSR count). The van der Waals surface area contributed by atoms with Crippen molar-refractivity contribution in [3.8, 4) is 0 Å². The van der Waals surface area contributed by atoms with E-state index in [0.29, 0.717) is 5.92 Å². The Labute approximate surface area is 119 Å². The average Bonchev–Trinajstić information content (AvgIpc) is 3.00. The van der Waals surface area contributed by atoms with Crippen LogP contribution in [0.25, 0.3) is 0 Å². The molecule has 1 saturated carbocycles. The monoisotopic (exact) mass is 351 g/mol. The highest BCUT2D eigenvalue weighted by molar-refractivity contribution is 9.10. The fourth-order valence-corrected chi connectivity index (χ4v) is 4.34. The van der Waals surface area contributed by atoms with E-state index in [1.54, 1.807) is 0 Å². The van der Waals surface area contributed by atoms with Gasteiger partial charge in [-0.2, -0.15) is 0 Å². The Balaban J connectivity index is 2.31. The van der Waals surface area contributed by atoms with Crippen molar-refractivity contribution in [3.05, 3.63) is 16.5 Å². The number of rotatable bonds is 5. The fraction of sp³-hybridized carbons (Fsp3) is 0.545. The molecule has 2 N–H and O–H groups in total. The van der Waals surface area contributed by atoms with Crippen LogP contribution in [0.2, 0.25) is 0 Å². The van der Waals surface area contributed by atoms with Gasteiger partial charge in [-0.1, -0.05) is 0 Å². The number of nitrogens with one attached hydrogen (secondary N) is 1. The Hall–Kier alpha value is -0.860. The highest BCUT2D eigenvalue weighted by Gasteiger charge is 2.41. The second kappa shape index (κ2) is 4.60. The molecule has 1 aromatic heterocycles. The molecule has 0 saturated heterocycles. The van der Waals surface area contributed by atoms with Crippen LogP contribution in [0.3, 0.4) is 0 Å². The van der Waals surface area contributed by atoms with Crippen molar-refractivity contribution in [2.75, 3.05) is 0 Å². The lowest BCUT2D eigenvalue weighted by Crippen LogP contribution is -2.45. The van der Waals surface area contributed by atoms with Gasteiger partial charge >= 0.3 is 5.97 Å². The lowest BCUT2D eigenvalue weighted by atomic mass is 10.0. The van der Waals surface area contributed by atoms with Gasteiger partial charge in [0.2, 0.25) is 15.8 Å². The third kappa shape index (κ3) is 3.01. The number of carboxylic acids is 1. The molecule has 0 amide bonds. The molecule has 1 aliphatic rings. The summed E-state index contributed by atoms with van der Waals surface area (Å²) in [7, 11) is -3.82. The van der Waals surface area contributed by atoms with Gasteiger partial charge in [-0.3, -0.25) is 0 Å². The maximum Gasteiger partial charge on any atom is 0.371 e. The maximum atomic E-state index is 12.2. The molecule has 0 spiro atoms. The van der Waals surface area contributed by atoms with Crippen molar-refractivity contribution < 1.29 is 22.7 Å². The minimum Gasteiger partial charge on any atom is -0.475 e. The lowest BCUT2D eigenvalue weighted by molar-refractivity contribution is 0.0661. The van der Waals surface area contributed by atoms with Crippen LogP contribution in [0.1, 0.15) is 37.2 Å². The highest BCUT2D eigenvalue weighted by atomic mass is 79.9. The lowest BCUT2D eigenvalue weighted by Gasteiger charge is -2.25. The normalized spacial score (nSPS) is 16.6. The number of hydrogen-bond donors (Lipinski definition) is 2. The molecule has 0 bridgehead atoms. The molecule has 0 aliphatic heterocycles. The average molecular weight is 352 g/mol. The first kappa shape index (κ1) is 14.5. The molecule has 0 atom stereocenters. The molecule has 0 unspecified atom stereocenters. The van der Waals surface area contributed by atoms with Crippen molar-refractivity contribution in [2.24, 2.45) is 5.92 Å². The minimum atomic E-state index is -3.82. The standard InChI is InChI=1S/C11H14BrNO5S/c1-11(2,6-3-4-6)13-19(16,17)8-5-7(10(14)15)18-9(8)12/h5-6,13H,3-4H2,1-2H3,(H,14,15). The molecule has 1 fully saturated rings. The molecular formula is C11H14BrNO5S. The number of sulfonamides is 1. The summed E-state index contributed by atoms with van der Waals surface area (Å²) in [5.74, 6) is -1.42. The van der Waals surface area contributed by atoms with Crippen LogP contribution in [0.4, 0.5) is 0 Å². The predicted molar refractivity (Wildman–Crippen MR) is 70.5 cm³/mol. The zero-order valence-corrected chi connectivity index (χ0v) is 12.8. The molecule has 1 aliphatic carbocycles. The second-order valence-electron chi connectivity index (χ2n) is 5.16. The van der Waals surface area contributed by atoms with Gasteiger partial charge in [-0.05, 0) is 48.5 Å². The Kier molecular flexibility index (Phi) is 3.53. The maximum absolute atomic E-state index is 12.2. The van der Waals surface area contributed by atoms with Gasteiger partial charge in [-0.25, -0.2) is 17.9 Å². The van der Waals surface area contributed by atoms with E-state index >= 15 is 0 Å². The summed E-state index contributed by atoms with van der Waals surface area (Å²) < 4.78 is 31.8. The van der Waals surface area contributed by atoms with E-state index in [1.165, 1.54) is 0 Å². The van der Waals surface area contributed by atoms with Crippen LogP contribution in [0, 0.1) is 5.92 Å².